The summed E-state index contributed by atoms with van der Waals surface area (Å²) in [5.74, 6) is 0.568. The second kappa shape index (κ2) is 5.40. The summed E-state index contributed by atoms with van der Waals surface area (Å²) in [6.45, 7) is 0.993. The summed E-state index contributed by atoms with van der Waals surface area (Å²) in [7, 11) is -3.40. The zero-order chi connectivity index (χ0) is 15.3. The summed E-state index contributed by atoms with van der Waals surface area (Å²) in [5, 5.41) is 8.41. The van der Waals surface area contributed by atoms with Gasteiger partial charge in [0.25, 0.3) is 10.0 Å². The van der Waals surface area contributed by atoms with E-state index in [4.69, 9.17) is 0 Å². The van der Waals surface area contributed by atoms with Crippen LogP contribution < -0.4 is 0 Å². The third kappa shape index (κ3) is 2.64. The first-order valence-electron chi connectivity index (χ1n) is 7.21. The number of sulfonamides is 1. The smallest absolute Gasteiger partial charge is 0.248 e. The number of rotatable bonds is 4. The second-order valence-electron chi connectivity index (χ2n) is 5.76. The van der Waals surface area contributed by atoms with Gasteiger partial charge in [-0.25, -0.2) is 13.1 Å². The molecule has 3 heterocycles. The van der Waals surface area contributed by atoms with E-state index in [0.717, 1.165) is 15.9 Å². The summed E-state index contributed by atoms with van der Waals surface area (Å²) >= 11 is 4.56. The van der Waals surface area contributed by atoms with Gasteiger partial charge in [0.2, 0.25) is 0 Å². The van der Waals surface area contributed by atoms with Crippen LogP contribution in [0.4, 0.5) is 0 Å². The van der Waals surface area contributed by atoms with Crippen LogP contribution in [0.5, 0.6) is 0 Å². The molecule has 2 aromatic heterocycles. The van der Waals surface area contributed by atoms with E-state index in [9.17, 15) is 8.42 Å². The molecule has 22 heavy (non-hydrogen) atoms. The van der Waals surface area contributed by atoms with Crippen LogP contribution in [0.25, 0.3) is 0 Å². The van der Waals surface area contributed by atoms with Gasteiger partial charge in [-0.3, -0.25) is 0 Å². The fraction of sp³-hybridized carbons (Fsp3) is 0.538. The predicted octanol–water partition coefficient (Wildman–Crippen LogP) is 2.62. The Morgan fingerprint density at radius 3 is 2.77 bits per heavy atom. The lowest BCUT2D eigenvalue weighted by Gasteiger charge is -2.15. The van der Waals surface area contributed by atoms with E-state index in [1.165, 1.54) is 24.2 Å². The van der Waals surface area contributed by atoms with Crippen molar-refractivity contribution in [3.8, 4) is 0 Å². The Labute approximate surface area is 141 Å². The van der Waals surface area contributed by atoms with Crippen LogP contribution in [0.15, 0.2) is 26.3 Å². The average Bonchev–Trinajstić information content (AvgIpc) is 2.95. The standard InChI is InChI=1S/C13H15BrN4O2S2/c14-12-3-4-13(21-12)22(19,20)17-6-5-10(7-17)18-8-11(15-16-18)9-1-2-9/h3-4,8-10H,1-2,5-7H2. The lowest BCUT2D eigenvalue weighted by molar-refractivity contribution is 0.429. The van der Waals surface area contributed by atoms with Crippen molar-refractivity contribution in [3.05, 3.63) is 27.8 Å². The minimum Gasteiger partial charge on any atom is -0.248 e. The first-order valence-corrected chi connectivity index (χ1v) is 10.3. The molecule has 1 saturated carbocycles. The number of hydrogen-bond donors (Lipinski definition) is 0. The van der Waals surface area contributed by atoms with Gasteiger partial charge in [0.15, 0.2) is 0 Å². The first kappa shape index (κ1) is 14.8. The zero-order valence-electron chi connectivity index (χ0n) is 11.7. The number of halogens is 1. The molecule has 0 spiro atoms. The molecule has 0 amide bonds. The maximum atomic E-state index is 12.6. The fourth-order valence-corrected chi connectivity index (χ4v) is 6.40. The monoisotopic (exact) mass is 402 g/mol. The minimum absolute atomic E-state index is 0.0816. The van der Waals surface area contributed by atoms with Gasteiger partial charge in [-0.1, -0.05) is 5.21 Å². The molecule has 2 fully saturated rings. The van der Waals surface area contributed by atoms with Gasteiger partial charge in [0.05, 0.1) is 15.5 Å². The van der Waals surface area contributed by atoms with Crippen LogP contribution in [-0.4, -0.2) is 40.8 Å². The highest BCUT2D eigenvalue weighted by molar-refractivity contribution is 9.11. The van der Waals surface area contributed by atoms with Crippen LogP contribution in [0.2, 0.25) is 0 Å². The van der Waals surface area contributed by atoms with Gasteiger partial charge in [-0.2, -0.15) is 4.31 Å². The van der Waals surface area contributed by atoms with E-state index in [-0.39, 0.29) is 6.04 Å². The second-order valence-corrected chi connectivity index (χ2v) is 10.4. The number of nitrogens with zero attached hydrogens (tertiary/aromatic N) is 4. The number of thiophene rings is 1. The Hall–Kier alpha value is -0.770. The fourth-order valence-electron chi connectivity index (χ4n) is 2.74. The van der Waals surface area contributed by atoms with Gasteiger partial charge in [0.1, 0.15) is 4.21 Å². The SMILES string of the molecule is O=S(=O)(c1ccc(Br)s1)N1CCC(n2cc(C3CC3)nn2)C1. The van der Waals surface area contributed by atoms with Crippen LogP contribution >= 0.6 is 27.3 Å². The van der Waals surface area contributed by atoms with E-state index in [1.807, 2.05) is 10.9 Å². The Bertz CT molecular complexity index is 797. The van der Waals surface area contributed by atoms with Gasteiger partial charge >= 0.3 is 0 Å². The summed E-state index contributed by atoms with van der Waals surface area (Å²) in [5.41, 5.74) is 1.04. The third-order valence-corrected chi connectivity index (χ3v) is 8.12. The molecule has 2 aromatic rings. The minimum atomic E-state index is -3.40. The molecule has 1 saturated heterocycles. The molecule has 118 valence electrons. The van der Waals surface area contributed by atoms with Crippen LogP contribution in [0, 0.1) is 0 Å². The molecule has 9 heteroatoms. The molecule has 0 bridgehead atoms. The Kier molecular flexibility index (Phi) is 3.63. The average molecular weight is 403 g/mol. The highest BCUT2D eigenvalue weighted by atomic mass is 79.9. The topological polar surface area (TPSA) is 68.1 Å². The normalized spacial score (nSPS) is 23.2. The molecule has 0 radical (unpaired) electrons. The molecular formula is C13H15BrN4O2S2. The molecule has 1 aliphatic carbocycles. The Morgan fingerprint density at radius 2 is 2.09 bits per heavy atom. The lowest BCUT2D eigenvalue weighted by atomic mass is 10.2. The van der Waals surface area contributed by atoms with Crippen LogP contribution in [0.1, 0.15) is 36.9 Å². The van der Waals surface area contributed by atoms with Gasteiger partial charge < -0.3 is 0 Å². The van der Waals surface area contributed by atoms with E-state index < -0.39 is 10.0 Å². The van der Waals surface area contributed by atoms with Crippen molar-refractivity contribution in [2.75, 3.05) is 13.1 Å². The first-order chi connectivity index (χ1) is 10.5. The molecule has 0 N–H and O–H groups in total. The highest BCUT2D eigenvalue weighted by Crippen LogP contribution is 2.39. The van der Waals surface area contributed by atoms with Crippen molar-refractivity contribution < 1.29 is 8.42 Å². The molecule has 0 aromatic carbocycles. The predicted molar refractivity (Wildman–Crippen MR) is 86.4 cm³/mol. The molecule has 1 atom stereocenters. The van der Waals surface area contributed by atoms with Crippen molar-refractivity contribution in [2.24, 2.45) is 0 Å². The summed E-state index contributed by atoms with van der Waals surface area (Å²) in [4.78, 5) is 0. The van der Waals surface area contributed by atoms with Gasteiger partial charge in [-0.15, -0.1) is 16.4 Å². The van der Waals surface area contributed by atoms with Crippen molar-refractivity contribution in [1.82, 2.24) is 19.3 Å². The maximum absolute atomic E-state index is 12.6. The lowest BCUT2D eigenvalue weighted by Crippen LogP contribution is -2.28. The summed E-state index contributed by atoms with van der Waals surface area (Å²) in [6.07, 6.45) is 5.15. The van der Waals surface area contributed by atoms with Crippen LogP contribution in [0.3, 0.4) is 0 Å². The van der Waals surface area contributed by atoms with Crippen molar-refractivity contribution in [1.29, 1.82) is 0 Å². The van der Waals surface area contributed by atoms with Crippen molar-refractivity contribution >= 4 is 37.3 Å². The molecule has 4 rings (SSSR count). The largest absolute Gasteiger partial charge is 0.252 e. The number of aromatic nitrogens is 3. The molecular weight excluding hydrogens is 388 g/mol. The summed E-state index contributed by atoms with van der Waals surface area (Å²) < 4.78 is 29.8. The molecule has 1 unspecified atom stereocenters. The molecule has 1 aliphatic heterocycles. The highest BCUT2D eigenvalue weighted by Gasteiger charge is 2.35. The Morgan fingerprint density at radius 1 is 1.27 bits per heavy atom. The van der Waals surface area contributed by atoms with E-state index in [0.29, 0.717) is 23.2 Å². The Balaban J connectivity index is 1.51. The third-order valence-electron chi connectivity index (χ3n) is 4.17. The quantitative estimate of drug-likeness (QED) is 0.787. The van der Waals surface area contributed by atoms with Gasteiger partial charge in [0, 0.05) is 25.2 Å². The van der Waals surface area contributed by atoms with E-state index in [1.54, 1.807) is 16.4 Å². The van der Waals surface area contributed by atoms with Gasteiger partial charge in [-0.05, 0) is 47.3 Å². The zero-order valence-corrected chi connectivity index (χ0v) is 14.9. The van der Waals surface area contributed by atoms with E-state index in [2.05, 4.69) is 26.2 Å². The maximum Gasteiger partial charge on any atom is 0.252 e. The van der Waals surface area contributed by atoms with Crippen molar-refractivity contribution in [2.45, 2.75) is 35.4 Å². The molecule has 6 nitrogen and oxygen atoms in total. The molecule has 2 aliphatic rings. The van der Waals surface area contributed by atoms with Crippen molar-refractivity contribution in [3.63, 3.8) is 0 Å². The summed E-state index contributed by atoms with van der Waals surface area (Å²) in [6, 6.07) is 3.50. The van der Waals surface area contributed by atoms with E-state index >= 15 is 0 Å². The number of hydrogen-bond acceptors (Lipinski definition) is 5. The van der Waals surface area contributed by atoms with Crippen LogP contribution in [-0.2, 0) is 10.0 Å².